The molecule has 3 nitrogen and oxygen atoms in total. The molecule has 0 saturated carbocycles. The molecule has 1 fully saturated rings. The summed E-state index contributed by atoms with van der Waals surface area (Å²) in [5, 5.41) is 0. The number of nitrogens with two attached hydrogens (primary N) is 1. The molecule has 0 aliphatic carbocycles. The molecule has 118 valence electrons. The minimum Gasteiger partial charge on any atom is -0.343 e. The standard InChI is InChI=1S/C17H26N2O.ClH/c1-13-3-5-15(6-4-13)7-8-17(20)19-11-9-16(10-12-19)14(2)18;/h3-6,14,16H,7-12,18H2,1-2H3;1H. The third kappa shape index (κ3) is 5.33. The van der Waals surface area contributed by atoms with Crippen molar-refractivity contribution >= 4 is 18.3 Å². The van der Waals surface area contributed by atoms with E-state index < -0.39 is 0 Å². The summed E-state index contributed by atoms with van der Waals surface area (Å²) in [6, 6.07) is 8.69. The maximum absolute atomic E-state index is 12.2. The van der Waals surface area contributed by atoms with Crippen LogP contribution in [0.25, 0.3) is 0 Å². The van der Waals surface area contributed by atoms with Gasteiger partial charge in [0.1, 0.15) is 0 Å². The lowest BCUT2D eigenvalue weighted by Gasteiger charge is -2.33. The molecule has 1 saturated heterocycles. The lowest BCUT2D eigenvalue weighted by atomic mass is 9.91. The van der Waals surface area contributed by atoms with Gasteiger partial charge in [-0.1, -0.05) is 29.8 Å². The zero-order chi connectivity index (χ0) is 14.5. The summed E-state index contributed by atoms with van der Waals surface area (Å²) in [4.78, 5) is 14.2. The second kappa shape index (κ2) is 8.40. The number of benzene rings is 1. The Balaban J connectivity index is 0.00000220. The van der Waals surface area contributed by atoms with E-state index >= 15 is 0 Å². The molecular weight excluding hydrogens is 284 g/mol. The highest BCUT2D eigenvalue weighted by atomic mass is 35.5. The predicted molar refractivity (Wildman–Crippen MR) is 89.7 cm³/mol. The minimum absolute atomic E-state index is 0. The average molecular weight is 311 g/mol. The summed E-state index contributed by atoms with van der Waals surface area (Å²) in [7, 11) is 0. The van der Waals surface area contributed by atoms with Gasteiger partial charge in [-0.05, 0) is 44.6 Å². The maximum Gasteiger partial charge on any atom is 0.222 e. The number of carbonyl (C=O) groups excluding carboxylic acids is 1. The van der Waals surface area contributed by atoms with E-state index in [-0.39, 0.29) is 24.4 Å². The highest BCUT2D eigenvalue weighted by Crippen LogP contribution is 2.20. The first-order chi connectivity index (χ1) is 9.56. The molecule has 1 atom stereocenters. The van der Waals surface area contributed by atoms with Crippen molar-refractivity contribution < 1.29 is 4.79 Å². The number of hydrogen-bond donors (Lipinski definition) is 1. The highest BCUT2D eigenvalue weighted by molar-refractivity contribution is 5.85. The second-order valence-electron chi connectivity index (χ2n) is 6.06. The predicted octanol–water partition coefficient (Wildman–Crippen LogP) is 2.94. The Morgan fingerprint density at radius 2 is 1.86 bits per heavy atom. The normalized spacial score (nSPS) is 17.2. The van der Waals surface area contributed by atoms with Gasteiger partial charge in [0.05, 0.1) is 0 Å². The van der Waals surface area contributed by atoms with E-state index in [0.29, 0.717) is 12.3 Å². The van der Waals surface area contributed by atoms with Crippen molar-refractivity contribution in [3.8, 4) is 0 Å². The Morgan fingerprint density at radius 3 is 2.38 bits per heavy atom. The Hall–Kier alpha value is -1.06. The summed E-state index contributed by atoms with van der Waals surface area (Å²) in [6.07, 6.45) is 3.56. The molecule has 0 spiro atoms. The van der Waals surface area contributed by atoms with Gasteiger partial charge in [0.2, 0.25) is 5.91 Å². The van der Waals surface area contributed by atoms with Crippen LogP contribution in [0.3, 0.4) is 0 Å². The quantitative estimate of drug-likeness (QED) is 0.929. The molecule has 1 amide bonds. The number of amides is 1. The lowest BCUT2D eigenvalue weighted by molar-refractivity contribution is -0.132. The molecule has 2 rings (SSSR count). The zero-order valence-electron chi connectivity index (χ0n) is 13.0. The first-order valence-corrected chi connectivity index (χ1v) is 7.65. The SMILES string of the molecule is Cc1ccc(CCC(=O)N2CCC(C(C)N)CC2)cc1.Cl. The van der Waals surface area contributed by atoms with Gasteiger partial charge < -0.3 is 10.6 Å². The van der Waals surface area contributed by atoms with Crippen molar-refractivity contribution in [2.24, 2.45) is 11.7 Å². The number of aryl methyl sites for hydroxylation is 2. The molecule has 21 heavy (non-hydrogen) atoms. The van der Waals surface area contributed by atoms with E-state index in [1.807, 2.05) is 4.90 Å². The van der Waals surface area contributed by atoms with Crippen LogP contribution in [0, 0.1) is 12.8 Å². The Kier molecular flexibility index (Phi) is 7.20. The van der Waals surface area contributed by atoms with Crippen LogP contribution in [0.5, 0.6) is 0 Å². The van der Waals surface area contributed by atoms with Crippen LogP contribution < -0.4 is 5.73 Å². The first kappa shape index (κ1) is 18.0. The van der Waals surface area contributed by atoms with Gasteiger partial charge in [0, 0.05) is 25.6 Å². The topological polar surface area (TPSA) is 46.3 Å². The van der Waals surface area contributed by atoms with Crippen molar-refractivity contribution in [3.63, 3.8) is 0 Å². The minimum atomic E-state index is 0. The van der Waals surface area contributed by atoms with Gasteiger partial charge >= 0.3 is 0 Å². The van der Waals surface area contributed by atoms with Crippen LogP contribution in [0.15, 0.2) is 24.3 Å². The smallest absolute Gasteiger partial charge is 0.222 e. The molecular formula is C17H27ClN2O. The van der Waals surface area contributed by atoms with Gasteiger partial charge in [-0.3, -0.25) is 4.79 Å². The van der Waals surface area contributed by atoms with Gasteiger partial charge in [0.25, 0.3) is 0 Å². The number of halogens is 1. The molecule has 0 radical (unpaired) electrons. The largest absolute Gasteiger partial charge is 0.343 e. The highest BCUT2D eigenvalue weighted by Gasteiger charge is 2.24. The molecule has 1 aliphatic rings. The zero-order valence-corrected chi connectivity index (χ0v) is 13.9. The van der Waals surface area contributed by atoms with E-state index in [1.165, 1.54) is 11.1 Å². The number of nitrogens with zero attached hydrogens (tertiary/aromatic N) is 1. The lowest BCUT2D eigenvalue weighted by Crippen LogP contribution is -2.42. The molecule has 1 aliphatic heterocycles. The molecule has 2 N–H and O–H groups in total. The summed E-state index contributed by atoms with van der Waals surface area (Å²) in [5.41, 5.74) is 8.44. The number of carbonyl (C=O) groups is 1. The number of rotatable bonds is 4. The number of hydrogen-bond acceptors (Lipinski definition) is 2. The van der Waals surface area contributed by atoms with Gasteiger partial charge in [-0.15, -0.1) is 12.4 Å². The average Bonchev–Trinajstić information content (AvgIpc) is 2.46. The van der Waals surface area contributed by atoms with Gasteiger partial charge in [0.15, 0.2) is 0 Å². The van der Waals surface area contributed by atoms with Crippen molar-refractivity contribution in [1.29, 1.82) is 0 Å². The van der Waals surface area contributed by atoms with Crippen molar-refractivity contribution in [2.45, 2.75) is 45.6 Å². The van der Waals surface area contributed by atoms with Crippen LogP contribution in [0.2, 0.25) is 0 Å². The monoisotopic (exact) mass is 310 g/mol. The van der Waals surface area contributed by atoms with E-state index in [9.17, 15) is 4.79 Å². The Morgan fingerprint density at radius 1 is 1.29 bits per heavy atom. The van der Waals surface area contributed by atoms with Crippen molar-refractivity contribution in [2.75, 3.05) is 13.1 Å². The summed E-state index contributed by atoms with van der Waals surface area (Å²) in [6.45, 7) is 5.90. The van der Waals surface area contributed by atoms with E-state index in [4.69, 9.17) is 5.73 Å². The second-order valence-corrected chi connectivity index (χ2v) is 6.06. The van der Waals surface area contributed by atoms with Gasteiger partial charge in [-0.25, -0.2) is 0 Å². The molecule has 1 heterocycles. The molecule has 1 aromatic carbocycles. The van der Waals surface area contributed by atoms with Gasteiger partial charge in [-0.2, -0.15) is 0 Å². The molecule has 4 heteroatoms. The van der Waals surface area contributed by atoms with Crippen molar-refractivity contribution in [3.05, 3.63) is 35.4 Å². The maximum atomic E-state index is 12.2. The fraction of sp³-hybridized carbons (Fsp3) is 0.588. The van der Waals surface area contributed by atoms with Crippen LogP contribution in [0.4, 0.5) is 0 Å². The number of likely N-dealkylation sites (tertiary alicyclic amines) is 1. The summed E-state index contributed by atoms with van der Waals surface area (Å²) >= 11 is 0. The molecule has 1 unspecified atom stereocenters. The fourth-order valence-electron chi connectivity index (χ4n) is 2.84. The van der Waals surface area contributed by atoms with E-state index in [1.54, 1.807) is 0 Å². The van der Waals surface area contributed by atoms with Crippen LogP contribution >= 0.6 is 12.4 Å². The summed E-state index contributed by atoms with van der Waals surface area (Å²) < 4.78 is 0. The van der Waals surface area contributed by atoms with E-state index in [2.05, 4.69) is 38.1 Å². The van der Waals surface area contributed by atoms with Crippen LogP contribution in [0.1, 0.15) is 37.3 Å². The molecule has 1 aromatic rings. The van der Waals surface area contributed by atoms with Crippen molar-refractivity contribution in [1.82, 2.24) is 4.90 Å². The fourth-order valence-corrected chi connectivity index (χ4v) is 2.84. The third-order valence-electron chi connectivity index (χ3n) is 4.38. The third-order valence-corrected chi connectivity index (χ3v) is 4.38. The first-order valence-electron chi connectivity index (χ1n) is 7.65. The van der Waals surface area contributed by atoms with E-state index in [0.717, 1.165) is 32.4 Å². The van der Waals surface area contributed by atoms with Crippen LogP contribution in [-0.2, 0) is 11.2 Å². The molecule has 0 bridgehead atoms. The Labute approximate surface area is 134 Å². The molecule has 0 aromatic heterocycles. The van der Waals surface area contributed by atoms with Crippen LogP contribution in [-0.4, -0.2) is 29.9 Å². The Bertz CT molecular complexity index is 437. The number of piperidine rings is 1. The summed E-state index contributed by atoms with van der Waals surface area (Å²) in [5.74, 6) is 0.866.